The zero-order chi connectivity index (χ0) is 37.4. The normalized spacial score (nSPS) is 11.8. The van der Waals surface area contributed by atoms with Crippen LogP contribution in [0.15, 0.2) is 95.7 Å². The standard InChI is InChI=1S/C29H27N2O.C18H24GeN.Ir/c1-17-14-18(2)26(19(3)15-17)24-11-10-22-21-8-7-9-23(27(21)32-28(22)31-24)25-16-20(12-13-30-25)29(4,5)6;1-14(2)11-16-12-18(15-9-7-6-8-10-15)20-13-17(16)19(3,4)5;/h7-8,10-16H,1-6H3;6-9,12-14H,11H2,1-5H3;/q2*-1;. The van der Waals surface area contributed by atoms with Crippen LogP contribution in [0.1, 0.15) is 62.4 Å². The van der Waals surface area contributed by atoms with Gasteiger partial charge in [0.2, 0.25) is 5.71 Å². The van der Waals surface area contributed by atoms with Crippen LogP contribution in [0.5, 0.6) is 0 Å². The molecule has 7 aromatic rings. The molecule has 53 heavy (non-hydrogen) atoms. The van der Waals surface area contributed by atoms with Crippen molar-refractivity contribution in [1.82, 2.24) is 15.0 Å². The Hall–Kier alpha value is -3.90. The summed E-state index contributed by atoms with van der Waals surface area (Å²) in [5.41, 5.74) is 13.9. The first-order valence-corrected chi connectivity index (χ1v) is 25.7. The molecule has 0 saturated carbocycles. The van der Waals surface area contributed by atoms with Gasteiger partial charge in [-0.2, -0.15) is 0 Å². The van der Waals surface area contributed by atoms with Crippen LogP contribution in [-0.4, -0.2) is 28.2 Å². The van der Waals surface area contributed by atoms with Crippen molar-refractivity contribution in [2.45, 2.75) is 84.5 Å². The first kappa shape index (κ1) is 40.3. The second-order valence-electron chi connectivity index (χ2n) is 16.6. The molecule has 0 saturated heterocycles. The van der Waals surface area contributed by atoms with Crippen LogP contribution in [-0.2, 0) is 31.9 Å². The minimum atomic E-state index is -1.86. The summed E-state index contributed by atoms with van der Waals surface area (Å²) in [5, 5.41) is 2.04. The first-order chi connectivity index (χ1) is 24.6. The van der Waals surface area contributed by atoms with Gasteiger partial charge in [0, 0.05) is 37.3 Å². The fourth-order valence-corrected chi connectivity index (χ4v) is 10.4. The molecule has 6 heteroatoms. The summed E-state index contributed by atoms with van der Waals surface area (Å²) in [6, 6.07) is 33.8. The molecule has 0 N–H and O–H groups in total. The summed E-state index contributed by atoms with van der Waals surface area (Å²) < 4.78 is 7.89. The van der Waals surface area contributed by atoms with E-state index < -0.39 is 13.3 Å². The Bertz CT molecular complexity index is 2340. The molecule has 3 aromatic carbocycles. The zero-order valence-electron chi connectivity index (χ0n) is 33.0. The number of pyridine rings is 3. The van der Waals surface area contributed by atoms with E-state index in [-0.39, 0.29) is 25.5 Å². The Morgan fingerprint density at radius 3 is 2.15 bits per heavy atom. The molecular weight excluding hydrogens is 887 g/mol. The molecule has 0 atom stereocenters. The number of aryl methyl sites for hydroxylation is 3. The maximum Gasteiger partial charge on any atom is 0.216 e. The minimum Gasteiger partial charge on any atom is -0.486 e. The number of nitrogens with zero attached hydrogens (tertiary/aromatic N) is 3. The Morgan fingerprint density at radius 1 is 0.774 bits per heavy atom. The third-order valence-corrected chi connectivity index (χ3v) is 13.9. The molecular formula is C47H51GeIrN3O-2. The van der Waals surface area contributed by atoms with E-state index in [1.807, 2.05) is 36.5 Å². The van der Waals surface area contributed by atoms with E-state index in [4.69, 9.17) is 14.4 Å². The number of furan rings is 1. The molecule has 4 nitrogen and oxygen atoms in total. The maximum atomic E-state index is 6.35. The maximum absolute atomic E-state index is 6.35. The molecule has 4 heterocycles. The third kappa shape index (κ3) is 9.08. The third-order valence-electron chi connectivity index (χ3n) is 9.52. The van der Waals surface area contributed by atoms with E-state index in [2.05, 4.69) is 145 Å². The Balaban J connectivity index is 0.000000223. The molecule has 4 aromatic heterocycles. The second kappa shape index (κ2) is 16.2. The van der Waals surface area contributed by atoms with Crippen LogP contribution in [0, 0.1) is 38.8 Å². The summed E-state index contributed by atoms with van der Waals surface area (Å²) in [5.74, 6) is 7.99. The van der Waals surface area contributed by atoms with Gasteiger partial charge in [0.15, 0.2) is 0 Å². The molecule has 0 aliphatic carbocycles. The van der Waals surface area contributed by atoms with Crippen LogP contribution < -0.4 is 4.40 Å². The van der Waals surface area contributed by atoms with Gasteiger partial charge in [-0.1, -0.05) is 55.5 Å². The van der Waals surface area contributed by atoms with Crippen molar-refractivity contribution in [3.8, 4) is 33.8 Å². The van der Waals surface area contributed by atoms with Gasteiger partial charge in [-0.15, -0.1) is 18.2 Å². The van der Waals surface area contributed by atoms with E-state index in [0.717, 1.165) is 51.0 Å². The zero-order valence-corrected chi connectivity index (χ0v) is 37.5. The summed E-state index contributed by atoms with van der Waals surface area (Å²) in [6.45, 7) is 17.6. The molecule has 0 fully saturated rings. The monoisotopic (exact) mass is 940 g/mol. The number of hydrogen-bond acceptors (Lipinski definition) is 4. The van der Waals surface area contributed by atoms with Crippen molar-refractivity contribution >= 4 is 39.7 Å². The van der Waals surface area contributed by atoms with Gasteiger partial charge in [-0.25, -0.2) is 4.98 Å². The molecule has 0 amide bonds. The molecule has 275 valence electrons. The van der Waals surface area contributed by atoms with E-state index in [1.165, 1.54) is 33.4 Å². The quantitative estimate of drug-likeness (QED) is 0.123. The van der Waals surface area contributed by atoms with Gasteiger partial charge >= 0.3 is 126 Å². The topological polar surface area (TPSA) is 51.8 Å². The van der Waals surface area contributed by atoms with Crippen molar-refractivity contribution in [2.24, 2.45) is 5.92 Å². The van der Waals surface area contributed by atoms with Crippen molar-refractivity contribution in [2.75, 3.05) is 0 Å². The molecule has 0 spiro atoms. The molecule has 0 unspecified atom stereocenters. The van der Waals surface area contributed by atoms with E-state index >= 15 is 0 Å². The number of fused-ring (bicyclic) bond motifs is 3. The Kier molecular flexibility index (Phi) is 12.3. The van der Waals surface area contributed by atoms with Crippen LogP contribution in [0.4, 0.5) is 0 Å². The van der Waals surface area contributed by atoms with Gasteiger partial charge in [0.05, 0.1) is 11.3 Å². The van der Waals surface area contributed by atoms with Gasteiger partial charge in [-0.3, -0.25) is 0 Å². The van der Waals surface area contributed by atoms with Gasteiger partial charge in [0.25, 0.3) is 0 Å². The fourth-order valence-electron chi connectivity index (χ4n) is 7.05. The Labute approximate surface area is 332 Å². The van der Waals surface area contributed by atoms with Gasteiger partial charge in [0.1, 0.15) is 0 Å². The number of aromatic nitrogens is 3. The molecule has 0 bridgehead atoms. The summed E-state index contributed by atoms with van der Waals surface area (Å²) in [7, 11) is 0. The first-order valence-electron chi connectivity index (χ1n) is 18.4. The molecule has 7 rings (SSSR count). The van der Waals surface area contributed by atoms with E-state index in [0.29, 0.717) is 11.6 Å². The average Bonchev–Trinajstić information content (AvgIpc) is 3.46. The summed E-state index contributed by atoms with van der Waals surface area (Å²) in [6.07, 6.45) is 5.14. The number of rotatable bonds is 6. The van der Waals surface area contributed by atoms with Crippen LogP contribution in [0.3, 0.4) is 0 Å². The van der Waals surface area contributed by atoms with Crippen LogP contribution >= 0.6 is 0 Å². The minimum absolute atomic E-state index is 0. The van der Waals surface area contributed by atoms with Gasteiger partial charge < -0.3 is 9.40 Å². The number of hydrogen-bond donors (Lipinski definition) is 0. The molecule has 0 aliphatic rings. The molecule has 1 radical (unpaired) electrons. The second-order valence-corrected chi connectivity index (χ2v) is 27.1. The SMILES string of the molecule is CC(C)Cc1cc(-c2[c-]cccc2)nc[c]1[Ge]([CH3])([CH3])[CH3].Cc1cc(C)c(-c2ccc3c(n2)oc2c(-c4cc(C(C)(C)C)ccn4)[c-]ccc23)c(C)c1.[Ir]. The average molecular weight is 939 g/mol. The van der Waals surface area contributed by atoms with Crippen molar-refractivity contribution in [3.63, 3.8) is 0 Å². The largest absolute Gasteiger partial charge is 0.486 e. The van der Waals surface area contributed by atoms with Crippen LogP contribution in [0.25, 0.3) is 55.8 Å². The van der Waals surface area contributed by atoms with Crippen molar-refractivity contribution in [3.05, 3.63) is 131 Å². The van der Waals surface area contributed by atoms with Crippen molar-refractivity contribution in [1.29, 1.82) is 0 Å². The van der Waals surface area contributed by atoms with E-state index in [1.54, 1.807) is 4.40 Å². The predicted octanol–water partition coefficient (Wildman–Crippen LogP) is 12.0. The van der Waals surface area contributed by atoms with Crippen LogP contribution in [0.2, 0.25) is 17.3 Å². The summed E-state index contributed by atoms with van der Waals surface area (Å²) >= 11 is -1.86. The predicted molar refractivity (Wildman–Crippen MR) is 222 cm³/mol. The fraction of sp³-hybridized carbons (Fsp3) is 0.298. The van der Waals surface area contributed by atoms with Crippen molar-refractivity contribution < 1.29 is 24.5 Å². The Morgan fingerprint density at radius 2 is 1.51 bits per heavy atom. The number of benzene rings is 3. The van der Waals surface area contributed by atoms with E-state index in [9.17, 15) is 0 Å². The smallest absolute Gasteiger partial charge is 0.216 e. The van der Waals surface area contributed by atoms with Gasteiger partial charge in [-0.05, 0) is 66.8 Å². The molecule has 0 aliphatic heterocycles. The summed E-state index contributed by atoms with van der Waals surface area (Å²) in [4.78, 5) is 14.3.